The third-order valence-electron chi connectivity index (χ3n) is 5.20. The van der Waals surface area contributed by atoms with Crippen molar-refractivity contribution in [2.45, 2.75) is 38.6 Å². The lowest BCUT2D eigenvalue weighted by atomic mass is 9.72. The van der Waals surface area contributed by atoms with Gasteiger partial charge in [0.05, 0.1) is 13.2 Å². The van der Waals surface area contributed by atoms with Crippen molar-refractivity contribution in [2.24, 2.45) is 21.9 Å². The largest absolute Gasteiger partial charge is 0.494 e. The second-order valence-electron chi connectivity index (χ2n) is 7.69. The summed E-state index contributed by atoms with van der Waals surface area (Å²) in [5, 5.41) is 14.4. The Labute approximate surface area is 192 Å². The molecule has 9 heteroatoms. The summed E-state index contributed by atoms with van der Waals surface area (Å²) in [5.74, 6) is 0.969. The van der Waals surface area contributed by atoms with E-state index in [9.17, 15) is 0 Å². The Morgan fingerprint density at radius 3 is 2.53 bits per heavy atom. The minimum Gasteiger partial charge on any atom is -0.494 e. The Morgan fingerprint density at radius 2 is 1.94 bits per heavy atom. The van der Waals surface area contributed by atoms with Gasteiger partial charge < -0.3 is 21.4 Å². The molecule has 0 saturated carbocycles. The van der Waals surface area contributed by atoms with E-state index in [1.807, 2.05) is 36.4 Å². The molecule has 5 N–H and O–H groups in total. The molecule has 1 unspecified atom stereocenters. The van der Waals surface area contributed by atoms with Crippen LogP contribution in [0.5, 0.6) is 5.75 Å². The number of guanidine groups is 1. The van der Waals surface area contributed by atoms with Gasteiger partial charge in [0.1, 0.15) is 5.75 Å². The zero-order valence-corrected chi connectivity index (χ0v) is 18.6. The quantitative estimate of drug-likeness (QED) is 0.174. The predicted octanol–water partition coefficient (Wildman–Crippen LogP) is 4.50. The summed E-state index contributed by atoms with van der Waals surface area (Å²) in [6, 6.07) is 16.1. The van der Waals surface area contributed by atoms with Gasteiger partial charge in [0.2, 0.25) is 0 Å². The van der Waals surface area contributed by atoms with Gasteiger partial charge in [0, 0.05) is 5.02 Å². The molecule has 0 radical (unpaired) electrons. The van der Waals surface area contributed by atoms with Crippen LogP contribution in [0, 0.1) is 15.5 Å². The van der Waals surface area contributed by atoms with Crippen LogP contribution in [0.4, 0.5) is 0 Å². The summed E-state index contributed by atoms with van der Waals surface area (Å²) < 4.78 is 6.03. The highest BCUT2D eigenvalue weighted by molar-refractivity contribution is 6.30. The van der Waals surface area contributed by atoms with E-state index in [1.54, 1.807) is 0 Å². The Morgan fingerprint density at radius 1 is 1.22 bits per heavy atom. The molecule has 0 saturated heterocycles. The van der Waals surface area contributed by atoms with Crippen LogP contribution in [0.1, 0.15) is 36.8 Å². The van der Waals surface area contributed by atoms with Gasteiger partial charge in [-0.3, -0.25) is 0 Å². The van der Waals surface area contributed by atoms with E-state index >= 15 is 0 Å². The molecule has 2 aromatic carbocycles. The van der Waals surface area contributed by atoms with E-state index in [0.717, 1.165) is 35.6 Å². The van der Waals surface area contributed by atoms with Gasteiger partial charge in [-0.25, -0.2) is 4.99 Å². The average molecular weight is 461 g/mol. The third-order valence-corrected chi connectivity index (χ3v) is 5.43. The number of ether oxygens (including phenoxy) is 1. The van der Waals surface area contributed by atoms with Crippen molar-refractivity contribution in [3.8, 4) is 5.75 Å². The average Bonchev–Trinajstić information content (AvgIpc) is 2.73. The number of hydrogen-bond donors (Lipinski definition) is 3. The first kappa shape index (κ1) is 25.0. The standard InChI is InChI=1S/C23H28ClN3O.HNO3/c24-20-6-4-5-19(15-20)16-23(11-2-1-3-12-23)13-14-28-21-9-7-18(8-10-21)17-27-22(25)26;2-1(3)4/h2,4-11,15H,1,3,12-14,16-17H2,(H4,25,26,27);(H,2,3,4). The Hall–Kier alpha value is -3.26. The fraction of sp³-hybridized carbons (Fsp3) is 0.348. The first-order valence-electron chi connectivity index (χ1n) is 10.3. The number of aliphatic imine (C=N–C) groups is 1. The highest BCUT2D eigenvalue weighted by atomic mass is 35.5. The Kier molecular flexibility index (Phi) is 9.81. The molecule has 32 heavy (non-hydrogen) atoms. The van der Waals surface area contributed by atoms with Gasteiger partial charge in [0.25, 0.3) is 5.09 Å². The van der Waals surface area contributed by atoms with Gasteiger partial charge in [-0.15, -0.1) is 10.1 Å². The van der Waals surface area contributed by atoms with Crippen LogP contribution >= 0.6 is 11.6 Å². The highest BCUT2D eigenvalue weighted by Gasteiger charge is 2.29. The molecule has 2 aromatic rings. The van der Waals surface area contributed by atoms with E-state index < -0.39 is 5.09 Å². The number of allylic oxidation sites excluding steroid dienone is 2. The number of halogens is 1. The van der Waals surface area contributed by atoms with Crippen molar-refractivity contribution >= 4 is 17.6 Å². The fourth-order valence-electron chi connectivity index (χ4n) is 3.73. The summed E-state index contributed by atoms with van der Waals surface area (Å²) >= 11 is 6.18. The van der Waals surface area contributed by atoms with E-state index in [-0.39, 0.29) is 11.4 Å². The van der Waals surface area contributed by atoms with Crippen LogP contribution in [0.25, 0.3) is 0 Å². The van der Waals surface area contributed by atoms with Crippen LogP contribution in [0.3, 0.4) is 0 Å². The third kappa shape index (κ3) is 9.26. The van der Waals surface area contributed by atoms with E-state index in [1.165, 1.54) is 18.4 Å². The van der Waals surface area contributed by atoms with Gasteiger partial charge in [-0.05, 0) is 72.9 Å². The van der Waals surface area contributed by atoms with Gasteiger partial charge >= 0.3 is 0 Å². The molecule has 0 amide bonds. The van der Waals surface area contributed by atoms with Crippen LogP contribution in [-0.2, 0) is 13.0 Å². The SMILES string of the molecule is NC(N)=NCc1ccc(OCCC2(Cc3cccc(Cl)c3)C=CCCC2)cc1.O=[N+]([O-])O. The van der Waals surface area contributed by atoms with Crippen LogP contribution in [-0.4, -0.2) is 22.9 Å². The maximum absolute atomic E-state index is 8.36. The van der Waals surface area contributed by atoms with Crippen molar-refractivity contribution in [2.75, 3.05) is 6.61 Å². The molecule has 1 atom stereocenters. The van der Waals surface area contributed by atoms with Crippen LogP contribution in [0.15, 0.2) is 65.7 Å². The number of hydrogen-bond acceptors (Lipinski definition) is 4. The number of nitrogens with zero attached hydrogens (tertiary/aromatic N) is 2. The zero-order valence-electron chi connectivity index (χ0n) is 17.8. The smallest absolute Gasteiger partial charge is 0.291 e. The van der Waals surface area contributed by atoms with E-state index in [2.05, 4.69) is 29.3 Å². The normalized spacial score (nSPS) is 17.0. The molecular weight excluding hydrogens is 432 g/mol. The van der Waals surface area contributed by atoms with Gasteiger partial charge in [-0.2, -0.15) is 0 Å². The topological polar surface area (TPSA) is 137 Å². The van der Waals surface area contributed by atoms with Crippen molar-refractivity contribution < 1.29 is 15.0 Å². The summed E-state index contributed by atoms with van der Waals surface area (Å²) in [6.07, 6.45) is 10.2. The summed E-state index contributed by atoms with van der Waals surface area (Å²) in [5.41, 5.74) is 13.2. The minimum absolute atomic E-state index is 0.103. The molecule has 0 fully saturated rings. The number of benzene rings is 2. The van der Waals surface area contributed by atoms with Crippen molar-refractivity contribution in [1.82, 2.24) is 0 Å². The monoisotopic (exact) mass is 460 g/mol. The lowest BCUT2D eigenvalue weighted by Crippen LogP contribution is -2.26. The lowest BCUT2D eigenvalue weighted by molar-refractivity contribution is -0.742. The Bertz CT molecular complexity index is 926. The second-order valence-corrected chi connectivity index (χ2v) is 8.12. The maximum atomic E-state index is 8.36. The molecule has 1 aliphatic rings. The van der Waals surface area contributed by atoms with E-state index in [0.29, 0.717) is 13.2 Å². The molecule has 0 aromatic heterocycles. The summed E-state index contributed by atoms with van der Waals surface area (Å²) in [4.78, 5) is 12.4. The molecule has 1 aliphatic carbocycles. The molecular formula is C23H29ClN4O4. The molecule has 8 nitrogen and oxygen atoms in total. The first-order chi connectivity index (χ1) is 15.3. The number of rotatable bonds is 8. The fourth-order valence-corrected chi connectivity index (χ4v) is 3.94. The van der Waals surface area contributed by atoms with E-state index in [4.69, 9.17) is 43.1 Å². The molecule has 0 heterocycles. The molecule has 3 rings (SSSR count). The highest BCUT2D eigenvalue weighted by Crippen LogP contribution is 2.38. The van der Waals surface area contributed by atoms with Gasteiger partial charge in [-0.1, -0.05) is 48.0 Å². The molecule has 0 bridgehead atoms. The summed E-state index contributed by atoms with van der Waals surface area (Å²) in [6.45, 7) is 1.16. The first-order valence-corrected chi connectivity index (χ1v) is 10.7. The van der Waals surface area contributed by atoms with Crippen LogP contribution < -0.4 is 16.2 Å². The molecule has 0 aliphatic heterocycles. The summed E-state index contributed by atoms with van der Waals surface area (Å²) in [7, 11) is 0. The number of nitrogens with two attached hydrogens (primary N) is 2. The lowest BCUT2D eigenvalue weighted by Gasteiger charge is -2.33. The minimum atomic E-state index is -1.50. The molecule has 172 valence electrons. The van der Waals surface area contributed by atoms with Crippen molar-refractivity contribution in [1.29, 1.82) is 0 Å². The van der Waals surface area contributed by atoms with Gasteiger partial charge in [0.15, 0.2) is 5.96 Å². The zero-order chi connectivity index (χ0) is 23.4. The predicted molar refractivity (Wildman–Crippen MR) is 125 cm³/mol. The van der Waals surface area contributed by atoms with Crippen molar-refractivity contribution in [3.05, 3.63) is 86.9 Å². The second kappa shape index (κ2) is 12.6. The maximum Gasteiger partial charge on any atom is 0.291 e. The van der Waals surface area contributed by atoms with Crippen LogP contribution in [0.2, 0.25) is 5.02 Å². The molecule has 0 spiro atoms. The Balaban J connectivity index is 0.000000837. The van der Waals surface area contributed by atoms with Crippen molar-refractivity contribution in [3.63, 3.8) is 0 Å².